The predicted molar refractivity (Wildman–Crippen MR) is 66.0 cm³/mol. The summed E-state index contributed by atoms with van der Waals surface area (Å²) in [4.78, 5) is 16.2. The van der Waals surface area contributed by atoms with E-state index >= 15 is 0 Å². The SMILES string of the molecule is COC(=O)C1(NC2CC2)CCC(n2ccnc2)C1. The molecule has 18 heavy (non-hydrogen) atoms. The van der Waals surface area contributed by atoms with Crippen LogP contribution in [0.1, 0.15) is 38.1 Å². The molecule has 1 heterocycles. The van der Waals surface area contributed by atoms with E-state index in [1.54, 1.807) is 6.20 Å². The first-order valence-electron chi connectivity index (χ1n) is 6.57. The Morgan fingerprint density at radius 2 is 2.33 bits per heavy atom. The summed E-state index contributed by atoms with van der Waals surface area (Å²) in [6, 6.07) is 0.850. The van der Waals surface area contributed by atoms with Gasteiger partial charge in [-0.1, -0.05) is 0 Å². The fourth-order valence-electron chi connectivity index (χ4n) is 2.95. The van der Waals surface area contributed by atoms with Gasteiger partial charge in [-0.25, -0.2) is 4.98 Å². The Morgan fingerprint density at radius 1 is 1.50 bits per heavy atom. The number of esters is 1. The van der Waals surface area contributed by atoms with Gasteiger partial charge in [-0.3, -0.25) is 10.1 Å². The van der Waals surface area contributed by atoms with Crippen LogP contribution in [0.4, 0.5) is 0 Å². The van der Waals surface area contributed by atoms with Crippen molar-refractivity contribution in [1.29, 1.82) is 0 Å². The van der Waals surface area contributed by atoms with Gasteiger partial charge < -0.3 is 9.30 Å². The number of ether oxygens (including phenoxy) is 1. The van der Waals surface area contributed by atoms with Crippen LogP contribution in [0, 0.1) is 0 Å². The van der Waals surface area contributed by atoms with E-state index in [4.69, 9.17) is 4.74 Å². The normalized spacial score (nSPS) is 31.5. The second-order valence-corrected chi connectivity index (χ2v) is 5.40. The van der Waals surface area contributed by atoms with Crippen molar-refractivity contribution in [3.05, 3.63) is 18.7 Å². The van der Waals surface area contributed by atoms with Crippen LogP contribution in [-0.2, 0) is 9.53 Å². The molecular weight excluding hydrogens is 230 g/mol. The topological polar surface area (TPSA) is 56.1 Å². The molecule has 2 aliphatic rings. The van der Waals surface area contributed by atoms with E-state index in [1.807, 2.05) is 12.5 Å². The molecule has 2 atom stereocenters. The lowest BCUT2D eigenvalue weighted by Gasteiger charge is -2.28. The third-order valence-electron chi connectivity index (χ3n) is 4.07. The maximum Gasteiger partial charge on any atom is 0.326 e. The van der Waals surface area contributed by atoms with Gasteiger partial charge in [-0.15, -0.1) is 0 Å². The van der Waals surface area contributed by atoms with Crippen molar-refractivity contribution < 1.29 is 9.53 Å². The van der Waals surface area contributed by atoms with E-state index in [0.717, 1.165) is 19.3 Å². The van der Waals surface area contributed by atoms with E-state index in [-0.39, 0.29) is 5.97 Å². The van der Waals surface area contributed by atoms with Crippen LogP contribution in [-0.4, -0.2) is 34.2 Å². The van der Waals surface area contributed by atoms with Gasteiger partial charge in [0, 0.05) is 24.5 Å². The molecule has 0 bridgehead atoms. The number of carbonyl (C=O) groups excluding carboxylic acids is 1. The molecule has 0 saturated heterocycles. The van der Waals surface area contributed by atoms with Gasteiger partial charge in [-0.2, -0.15) is 0 Å². The Kier molecular flexibility index (Phi) is 2.86. The smallest absolute Gasteiger partial charge is 0.326 e. The zero-order chi connectivity index (χ0) is 12.6. The molecule has 0 spiro atoms. The Balaban J connectivity index is 1.77. The molecule has 1 aromatic heterocycles. The Bertz CT molecular complexity index is 427. The van der Waals surface area contributed by atoms with Gasteiger partial charge in [0.15, 0.2) is 0 Å². The zero-order valence-corrected chi connectivity index (χ0v) is 10.6. The van der Waals surface area contributed by atoms with Crippen LogP contribution in [0.25, 0.3) is 0 Å². The number of methoxy groups -OCH3 is 1. The molecule has 5 nitrogen and oxygen atoms in total. The molecule has 3 rings (SSSR count). The first-order valence-corrected chi connectivity index (χ1v) is 6.57. The number of carbonyl (C=O) groups is 1. The van der Waals surface area contributed by atoms with Crippen molar-refractivity contribution in [3.63, 3.8) is 0 Å². The number of hydrogen-bond acceptors (Lipinski definition) is 4. The Hall–Kier alpha value is -1.36. The van der Waals surface area contributed by atoms with Crippen molar-refractivity contribution in [2.75, 3.05) is 7.11 Å². The van der Waals surface area contributed by atoms with Crippen molar-refractivity contribution >= 4 is 5.97 Å². The first-order chi connectivity index (χ1) is 8.73. The van der Waals surface area contributed by atoms with E-state index in [0.29, 0.717) is 12.1 Å². The molecule has 0 aliphatic heterocycles. The molecule has 0 amide bonds. The molecule has 2 saturated carbocycles. The lowest BCUT2D eigenvalue weighted by molar-refractivity contribution is -0.148. The average Bonchev–Trinajstić information content (AvgIpc) is 2.88. The maximum absolute atomic E-state index is 12.1. The number of nitrogens with zero attached hydrogens (tertiary/aromatic N) is 2. The molecule has 98 valence electrons. The third kappa shape index (κ3) is 2.03. The molecule has 2 aliphatic carbocycles. The molecule has 1 aromatic rings. The van der Waals surface area contributed by atoms with Gasteiger partial charge in [-0.05, 0) is 32.1 Å². The van der Waals surface area contributed by atoms with Crippen molar-refractivity contribution in [3.8, 4) is 0 Å². The van der Waals surface area contributed by atoms with Crippen molar-refractivity contribution in [2.24, 2.45) is 0 Å². The average molecular weight is 249 g/mol. The number of nitrogens with one attached hydrogen (secondary N) is 1. The molecule has 0 aromatic carbocycles. The second kappa shape index (κ2) is 4.39. The Labute approximate surface area is 107 Å². The minimum absolute atomic E-state index is 0.114. The summed E-state index contributed by atoms with van der Waals surface area (Å²) >= 11 is 0. The van der Waals surface area contributed by atoms with Crippen LogP contribution in [0.5, 0.6) is 0 Å². The first kappa shape index (κ1) is 11.7. The third-order valence-corrected chi connectivity index (χ3v) is 4.07. The zero-order valence-electron chi connectivity index (χ0n) is 10.6. The summed E-state index contributed by atoms with van der Waals surface area (Å²) < 4.78 is 7.10. The van der Waals surface area contributed by atoms with Crippen LogP contribution in [0.2, 0.25) is 0 Å². The lowest BCUT2D eigenvalue weighted by atomic mass is 9.97. The highest BCUT2D eigenvalue weighted by atomic mass is 16.5. The molecule has 1 N–H and O–H groups in total. The highest BCUT2D eigenvalue weighted by Crippen LogP contribution is 2.40. The summed E-state index contributed by atoms with van der Waals surface area (Å²) in [7, 11) is 1.48. The summed E-state index contributed by atoms with van der Waals surface area (Å²) in [5.74, 6) is -0.114. The predicted octanol–water partition coefficient (Wildman–Crippen LogP) is 1.27. The molecule has 5 heteroatoms. The van der Waals surface area contributed by atoms with Gasteiger partial charge >= 0.3 is 5.97 Å². The van der Waals surface area contributed by atoms with Gasteiger partial charge in [0.2, 0.25) is 0 Å². The van der Waals surface area contributed by atoms with Gasteiger partial charge in [0.1, 0.15) is 5.54 Å². The number of aromatic nitrogens is 2. The molecule has 0 radical (unpaired) electrons. The minimum atomic E-state index is -0.481. The van der Waals surface area contributed by atoms with Gasteiger partial charge in [0.25, 0.3) is 0 Å². The Morgan fingerprint density at radius 3 is 2.94 bits per heavy atom. The van der Waals surface area contributed by atoms with Crippen LogP contribution >= 0.6 is 0 Å². The molecular formula is C13H19N3O2. The van der Waals surface area contributed by atoms with E-state index < -0.39 is 5.54 Å². The minimum Gasteiger partial charge on any atom is -0.468 e. The second-order valence-electron chi connectivity index (χ2n) is 5.40. The molecule has 2 fully saturated rings. The van der Waals surface area contributed by atoms with Crippen molar-refractivity contribution in [2.45, 2.75) is 49.7 Å². The highest BCUT2D eigenvalue weighted by Gasteiger charge is 2.49. The summed E-state index contributed by atoms with van der Waals surface area (Å²) in [6.45, 7) is 0. The van der Waals surface area contributed by atoms with Crippen LogP contribution < -0.4 is 5.32 Å². The number of rotatable bonds is 4. The molecule has 2 unspecified atom stereocenters. The summed E-state index contributed by atoms with van der Waals surface area (Å²) in [5.41, 5.74) is -0.481. The van der Waals surface area contributed by atoms with E-state index in [1.165, 1.54) is 20.0 Å². The van der Waals surface area contributed by atoms with Crippen LogP contribution in [0.3, 0.4) is 0 Å². The highest BCUT2D eigenvalue weighted by molar-refractivity contribution is 5.81. The largest absolute Gasteiger partial charge is 0.468 e. The van der Waals surface area contributed by atoms with E-state index in [9.17, 15) is 4.79 Å². The van der Waals surface area contributed by atoms with E-state index in [2.05, 4.69) is 14.9 Å². The summed E-state index contributed by atoms with van der Waals surface area (Å²) in [6.07, 6.45) is 10.6. The lowest BCUT2D eigenvalue weighted by Crippen LogP contribution is -2.51. The van der Waals surface area contributed by atoms with Crippen LogP contribution in [0.15, 0.2) is 18.7 Å². The van der Waals surface area contributed by atoms with Crippen molar-refractivity contribution in [1.82, 2.24) is 14.9 Å². The number of hydrogen-bond donors (Lipinski definition) is 1. The fraction of sp³-hybridized carbons (Fsp3) is 0.692. The number of imidazole rings is 1. The summed E-state index contributed by atoms with van der Waals surface area (Å²) in [5, 5.41) is 3.50. The maximum atomic E-state index is 12.1. The fourth-order valence-corrected chi connectivity index (χ4v) is 2.95. The van der Waals surface area contributed by atoms with Gasteiger partial charge in [0.05, 0.1) is 13.4 Å². The standard InChI is InChI=1S/C13H19N3O2/c1-18-12(17)13(15-10-2-3-10)5-4-11(8-13)16-7-6-14-9-16/h6-7,9-11,15H,2-5,8H2,1H3. The monoisotopic (exact) mass is 249 g/mol. The quantitative estimate of drug-likeness (QED) is 0.816.